The molecule has 0 radical (unpaired) electrons. The number of hydrogen-bond acceptors (Lipinski definition) is 37. The van der Waals surface area contributed by atoms with Gasteiger partial charge in [0.25, 0.3) is 0 Å². The second kappa shape index (κ2) is 88.8. The van der Waals surface area contributed by atoms with Gasteiger partial charge in [-0.3, -0.25) is 57.5 Å². The summed E-state index contributed by atoms with van der Waals surface area (Å²) in [7, 11) is 17.6. The molecule has 11 amide bonds. The third-order valence-electron chi connectivity index (χ3n) is 19.0. The second-order valence-electron chi connectivity index (χ2n) is 29.1. The van der Waals surface area contributed by atoms with Crippen LogP contribution in [0.3, 0.4) is 0 Å². The Kier molecular flexibility index (Phi) is 84.0. The van der Waals surface area contributed by atoms with Crippen molar-refractivity contribution in [2.24, 2.45) is 0 Å². The maximum absolute atomic E-state index is 15.2. The van der Waals surface area contributed by atoms with Crippen LogP contribution < -0.4 is 5.32 Å². The molecule has 0 aliphatic rings. The van der Waals surface area contributed by atoms with Crippen molar-refractivity contribution in [1.82, 2.24) is 59.2 Å². The molecular weight excluding hydrogens is 1760 g/mol. The highest BCUT2D eigenvalue weighted by Crippen LogP contribution is 2.11. The summed E-state index contributed by atoms with van der Waals surface area (Å²) in [5.41, 5.74) is 0. The van der Waals surface area contributed by atoms with Crippen LogP contribution in [0.15, 0.2) is 0 Å². The summed E-state index contributed by atoms with van der Waals surface area (Å²) in [5, 5.41) is 3.00. The Morgan fingerprint density at radius 1 is 0.158 bits per heavy atom. The van der Waals surface area contributed by atoms with Gasteiger partial charge < -0.3 is 173 Å². The summed E-state index contributed by atoms with van der Waals surface area (Å²) in [4.78, 5) is 188. The van der Waals surface area contributed by atoms with Gasteiger partial charge in [0.05, 0.1) is 316 Å². The zero-order valence-corrected chi connectivity index (χ0v) is 81.5. The lowest BCUT2D eigenvalue weighted by Crippen LogP contribution is -2.54. The molecule has 48 nitrogen and oxygen atoms in total. The predicted molar refractivity (Wildman–Crippen MR) is 478 cm³/mol. The summed E-state index contributed by atoms with van der Waals surface area (Å²) >= 11 is 0. The van der Waals surface area contributed by atoms with Crippen molar-refractivity contribution in [3.05, 3.63) is 0 Å². The van der Waals surface area contributed by atoms with E-state index < -0.39 is 130 Å². The van der Waals surface area contributed by atoms with Gasteiger partial charge in [0.15, 0.2) is 0 Å². The minimum atomic E-state index is -0.802. The van der Waals surface area contributed by atoms with E-state index in [4.69, 9.17) is 114 Å². The highest BCUT2D eigenvalue weighted by atomic mass is 16.6. The first-order valence-electron chi connectivity index (χ1n) is 44.6. The number of Topliss-reactive ketones (excluding diaryl/α,β-unsaturated/α-hetero) is 1. The van der Waals surface area contributed by atoms with Crippen LogP contribution in [-0.4, -0.2) is 605 Å². The van der Waals surface area contributed by atoms with E-state index in [1.807, 2.05) is 0 Å². The molecule has 776 valence electrons. The van der Waals surface area contributed by atoms with Crippen molar-refractivity contribution < 1.29 is 171 Å². The maximum atomic E-state index is 15.2. The summed E-state index contributed by atoms with van der Waals surface area (Å²) in [5.74, 6) is -8.16. The van der Waals surface area contributed by atoms with E-state index in [1.54, 1.807) is 14.2 Å². The molecule has 0 aromatic carbocycles. The summed E-state index contributed by atoms with van der Waals surface area (Å²) in [6, 6.07) is 0. The van der Waals surface area contributed by atoms with E-state index in [1.165, 1.54) is 97.6 Å². The number of hydrogen-bond donors (Lipinski definition) is 1. The number of nitrogens with zero attached hydrogens (tertiary/aromatic N) is 11. The molecule has 0 saturated carbocycles. The van der Waals surface area contributed by atoms with Crippen molar-refractivity contribution in [3.8, 4) is 0 Å². The van der Waals surface area contributed by atoms with E-state index >= 15 is 24.0 Å². The number of ketones is 1. The zero-order valence-electron chi connectivity index (χ0n) is 81.5. The molecule has 0 fully saturated rings. The van der Waals surface area contributed by atoms with Crippen LogP contribution in [0.4, 0.5) is 0 Å². The van der Waals surface area contributed by atoms with Crippen molar-refractivity contribution >= 4 is 70.8 Å². The van der Waals surface area contributed by atoms with Crippen LogP contribution in [0.25, 0.3) is 0 Å². The fourth-order valence-corrected chi connectivity index (χ4v) is 11.4. The lowest BCUT2D eigenvalue weighted by Gasteiger charge is -2.33. The number of rotatable bonds is 96. The van der Waals surface area contributed by atoms with Crippen LogP contribution in [0.1, 0.15) is 6.92 Å². The number of carbonyl (C=O) groups excluding carboxylic acids is 12. The Labute approximate surface area is 785 Å². The second-order valence-corrected chi connectivity index (χ2v) is 29.1. The Morgan fingerprint density at radius 3 is 0.436 bits per heavy atom. The summed E-state index contributed by atoms with van der Waals surface area (Å²) < 4.78 is 131. The fourth-order valence-electron chi connectivity index (χ4n) is 11.4. The quantitative estimate of drug-likeness (QED) is 0.0554. The van der Waals surface area contributed by atoms with E-state index in [0.29, 0.717) is 66.0 Å². The fraction of sp³-hybridized carbons (Fsp3) is 0.859. The SMILES string of the molecule is COCCNCC(=O)N(CCOCCOCCOC)CC(=O)N(CCOC)CC(=O)N(CCOCCOCCOC)CC(=O)N(CCOC)CC(=O)N(CCOCCOCCOC)CC(=O)N(CCOC)CC(=O)N(CCOCCOCCOC)CC(=O)N(CCOC)CC(=O)N(CCOCCOCCOC)CC(=O)N(CCOC)CC(=O)N(CCOCCOCCOC)CC(C)=O. The molecule has 0 bridgehead atoms. The maximum Gasteiger partial charge on any atom is 0.242 e. The molecule has 48 heteroatoms. The standard InChI is InChI=1S/C85H160N12O36/c1-74(98)63-87(20-32-122-50-56-128-44-38-116-8)76(100)65-89(15-27-111-3)78(102)70-94(22-34-124-52-58-130-46-40-118-10)83(107)67-91(17-29-113-5)80(104)72-96(24-36-126-54-60-132-48-42-120-12)85(109)69-93(19-31-115-7)81(105)73-97(25-37-127-55-61-133-49-43-121-13)84(108)68-92(18-30-114-6)79(103)71-95(23-35-125-53-59-131-47-41-119-11)82(106)66-90(16-28-112-4)77(101)64-88(75(99)62-86-14-26-110-2)21-33-123-51-57-129-45-39-117-9/h86H,14-73H2,1-13H3. The molecule has 0 aromatic heterocycles. The van der Waals surface area contributed by atoms with Gasteiger partial charge in [-0.15, -0.1) is 0 Å². The Bertz CT molecular complexity index is 2990. The van der Waals surface area contributed by atoms with Crippen LogP contribution in [-0.2, 0) is 171 Å². The molecule has 133 heavy (non-hydrogen) atoms. The highest BCUT2D eigenvalue weighted by Gasteiger charge is 2.34. The molecule has 1 N–H and O–H groups in total. The van der Waals surface area contributed by atoms with Crippen molar-refractivity contribution in [3.63, 3.8) is 0 Å². The molecule has 0 unspecified atom stereocenters. The summed E-state index contributed by atoms with van der Waals surface area (Å²) in [6.07, 6.45) is 0. The first kappa shape index (κ1) is 126. The largest absolute Gasteiger partial charge is 0.383 e. The normalized spacial score (nSPS) is 11.3. The number of ether oxygens (including phenoxy) is 24. The molecule has 0 spiro atoms. The van der Waals surface area contributed by atoms with Crippen LogP contribution >= 0.6 is 0 Å². The van der Waals surface area contributed by atoms with Gasteiger partial charge >= 0.3 is 0 Å². The highest BCUT2D eigenvalue weighted by molar-refractivity contribution is 5.95. The molecule has 0 aliphatic carbocycles. The number of carbonyl (C=O) groups is 12. The molecular formula is C85H160N12O36. The molecule has 0 heterocycles. The van der Waals surface area contributed by atoms with Crippen molar-refractivity contribution in [2.45, 2.75) is 6.92 Å². The summed E-state index contributed by atoms with van der Waals surface area (Å²) in [6.45, 7) is -2.33. The van der Waals surface area contributed by atoms with Gasteiger partial charge in [0.2, 0.25) is 65.0 Å². The average molecular weight is 1930 g/mol. The smallest absolute Gasteiger partial charge is 0.242 e. The molecule has 0 saturated heterocycles. The molecule has 0 aliphatic heterocycles. The van der Waals surface area contributed by atoms with Gasteiger partial charge in [0.1, 0.15) is 5.78 Å². The lowest BCUT2D eigenvalue weighted by molar-refractivity contribution is -0.150. The monoisotopic (exact) mass is 1930 g/mol. The van der Waals surface area contributed by atoms with E-state index in [-0.39, 0.29) is 269 Å². The number of amides is 11. The Hall–Kier alpha value is -7.16. The zero-order chi connectivity index (χ0) is 98.4. The van der Waals surface area contributed by atoms with E-state index in [9.17, 15) is 33.6 Å². The predicted octanol–water partition coefficient (Wildman–Crippen LogP) is -5.76. The topological polar surface area (TPSA) is 474 Å². The third-order valence-corrected chi connectivity index (χ3v) is 19.0. The van der Waals surface area contributed by atoms with E-state index in [0.717, 1.165) is 34.3 Å². The Morgan fingerprint density at radius 2 is 0.286 bits per heavy atom. The van der Waals surface area contributed by atoms with Crippen LogP contribution in [0.5, 0.6) is 0 Å². The van der Waals surface area contributed by atoms with Gasteiger partial charge in [0, 0.05) is 164 Å². The molecule has 0 atom stereocenters. The number of nitrogens with one attached hydrogen (secondary N) is 1. The average Bonchev–Trinajstić information content (AvgIpc) is 0.866. The van der Waals surface area contributed by atoms with Crippen LogP contribution in [0.2, 0.25) is 0 Å². The van der Waals surface area contributed by atoms with Gasteiger partial charge in [-0.2, -0.15) is 0 Å². The van der Waals surface area contributed by atoms with Crippen molar-refractivity contribution in [2.75, 3.05) is 480 Å². The van der Waals surface area contributed by atoms with Gasteiger partial charge in [-0.1, -0.05) is 0 Å². The van der Waals surface area contributed by atoms with Gasteiger partial charge in [-0.05, 0) is 6.92 Å². The van der Waals surface area contributed by atoms with E-state index in [2.05, 4.69) is 5.32 Å². The Balaban J connectivity index is 7.89. The minimum Gasteiger partial charge on any atom is -0.383 e. The van der Waals surface area contributed by atoms with Crippen LogP contribution in [0, 0.1) is 0 Å². The first-order valence-corrected chi connectivity index (χ1v) is 44.6. The minimum absolute atomic E-state index is 0.00675. The van der Waals surface area contributed by atoms with Gasteiger partial charge in [-0.25, -0.2) is 0 Å². The van der Waals surface area contributed by atoms with Crippen molar-refractivity contribution in [1.29, 1.82) is 0 Å². The molecule has 0 rings (SSSR count). The lowest BCUT2D eigenvalue weighted by atomic mass is 10.3. The number of methoxy groups -OCH3 is 12. The third kappa shape index (κ3) is 67.7. The first-order chi connectivity index (χ1) is 64.5. The molecule has 0 aromatic rings.